The zero-order valence-electron chi connectivity index (χ0n) is 13.9. The van der Waals surface area contributed by atoms with Crippen LogP contribution in [0.5, 0.6) is 0 Å². The van der Waals surface area contributed by atoms with Crippen LogP contribution < -0.4 is 11.5 Å². The van der Waals surface area contributed by atoms with E-state index in [1.807, 2.05) is 24.3 Å². The molecule has 5 N–H and O–H groups in total. The predicted molar refractivity (Wildman–Crippen MR) is 107 cm³/mol. The summed E-state index contributed by atoms with van der Waals surface area (Å²) in [6.45, 7) is 0. The summed E-state index contributed by atoms with van der Waals surface area (Å²) in [6, 6.07) is 7.30. The van der Waals surface area contributed by atoms with Crippen LogP contribution in [0.4, 0.5) is 0 Å². The minimum atomic E-state index is -0.836. The molecule has 0 atom stereocenters. The maximum absolute atomic E-state index is 10.6. The number of rotatable bonds is 7. The minimum absolute atomic E-state index is 0.0741. The molecular formula is C15H20N6O2S2. The number of aryl methyl sites for hydroxylation is 1. The predicted octanol–water partition coefficient (Wildman–Crippen LogP) is 0.745. The van der Waals surface area contributed by atoms with Crippen LogP contribution in [0.15, 0.2) is 34.5 Å². The first-order chi connectivity index (χ1) is 11.7. The number of hydrogen-bond donors (Lipinski definition) is 3. The number of carboxylic acid groups (broad SMARTS) is 1. The van der Waals surface area contributed by atoms with Crippen LogP contribution in [-0.2, 0) is 11.2 Å². The molecule has 8 nitrogen and oxygen atoms in total. The van der Waals surface area contributed by atoms with Crippen LogP contribution in [0, 0.1) is 0 Å². The molecule has 1 rings (SSSR count). The first-order valence-corrected chi connectivity index (χ1v) is 8.02. The van der Waals surface area contributed by atoms with Crippen molar-refractivity contribution in [3.63, 3.8) is 0 Å². The van der Waals surface area contributed by atoms with E-state index in [0.29, 0.717) is 12.1 Å². The Hall–Kier alpha value is -2.59. The molecule has 0 aromatic heterocycles. The quantitative estimate of drug-likeness (QED) is 0.360. The van der Waals surface area contributed by atoms with Crippen molar-refractivity contribution in [2.24, 2.45) is 21.7 Å². The third-order valence-corrected chi connectivity index (χ3v) is 3.65. The van der Waals surface area contributed by atoms with Crippen molar-refractivity contribution in [1.29, 1.82) is 0 Å². The molecule has 134 valence electrons. The Kier molecular flexibility index (Phi) is 7.89. The summed E-state index contributed by atoms with van der Waals surface area (Å²) in [5.74, 6) is -0.836. The van der Waals surface area contributed by atoms with Gasteiger partial charge in [0.1, 0.15) is 5.71 Å². The van der Waals surface area contributed by atoms with Crippen LogP contribution in [0.2, 0.25) is 0 Å². The van der Waals surface area contributed by atoms with Gasteiger partial charge in [-0.25, -0.2) is 10.0 Å². The Labute approximate surface area is 156 Å². The first-order valence-electron chi connectivity index (χ1n) is 7.20. The number of thiocarbonyl (C=S) groups is 2. The summed E-state index contributed by atoms with van der Waals surface area (Å²) < 4.78 is 0. The monoisotopic (exact) mass is 380 g/mol. The molecular weight excluding hydrogens is 360 g/mol. The summed E-state index contributed by atoms with van der Waals surface area (Å²) in [6.07, 6.45) is 2.01. The number of carboxylic acids is 1. The molecule has 0 saturated heterocycles. The van der Waals surface area contributed by atoms with Gasteiger partial charge in [-0.05, 0) is 36.4 Å². The Bertz CT molecular complexity index is 702. The number of nitrogens with zero attached hydrogens (tertiary/aromatic N) is 4. The van der Waals surface area contributed by atoms with E-state index in [1.54, 1.807) is 14.1 Å². The highest BCUT2D eigenvalue weighted by atomic mass is 32.1. The molecule has 1 aromatic rings. The van der Waals surface area contributed by atoms with Gasteiger partial charge in [-0.1, -0.05) is 24.3 Å². The molecule has 0 fully saturated rings. The number of nitrogens with two attached hydrogens (primary N) is 2. The van der Waals surface area contributed by atoms with Crippen LogP contribution in [0.3, 0.4) is 0 Å². The van der Waals surface area contributed by atoms with Gasteiger partial charge in [-0.3, -0.25) is 4.79 Å². The van der Waals surface area contributed by atoms with Crippen molar-refractivity contribution in [3.05, 3.63) is 35.4 Å². The van der Waals surface area contributed by atoms with Gasteiger partial charge in [-0.2, -0.15) is 10.2 Å². The average molecular weight is 380 g/mol. The van der Waals surface area contributed by atoms with Crippen LogP contribution in [0.25, 0.3) is 0 Å². The standard InChI is InChI=1S/C15H20N6O2S2/c1-20(14(16)24)18-9-12(19-21(2)15(17)25)11-6-3-10(4-7-11)5-8-13(22)23/h3-4,6-7,9H,5,8H2,1-2H3,(H2,16,24)(H2,17,25)(H,22,23). The van der Waals surface area contributed by atoms with E-state index in [2.05, 4.69) is 10.2 Å². The highest BCUT2D eigenvalue weighted by Gasteiger charge is 2.07. The largest absolute Gasteiger partial charge is 0.481 e. The maximum atomic E-state index is 10.6. The number of hydrazone groups is 2. The van der Waals surface area contributed by atoms with Crippen LogP contribution in [-0.4, -0.2) is 57.3 Å². The summed E-state index contributed by atoms with van der Waals surface area (Å²) in [4.78, 5) is 10.6. The van der Waals surface area contributed by atoms with E-state index >= 15 is 0 Å². The van der Waals surface area contributed by atoms with Gasteiger partial charge in [0.2, 0.25) is 0 Å². The van der Waals surface area contributed by atoms with Gasteiger partial charge < -0.3 is 16.6 Å². The molecule has 0 aliphatic heterocycles. The molecule has 0 unspecified atom stereocenters. The van der Waals surface area contributed by atoms with Crippen LogP contribution >= 0.6 is 24.4 Å². The highest BCUT2D eigenvalue weighted by Crippen LogP contribution is 2.08. The molecule has 10 heteroatoms. The molecule has 0 bridgehead atoms. The van der Waals surface area contributed by atoms with Gasteiger partial charge >= 0.3 is 5.97 Å². The fraction of sp³-hybridized carbons (Fsp3) is 0.267. The van der Waals surface area contributed by atoms with Gasteiger partial charge in [-0.15, -0.1) is 0 Å². The summed E-state index contributed by atoms with van der Waals surface area (Å²) >= 11 is 9.72. The van der Waals surface area contributed by atoms with E-state index < -0.39 is 5.97 Å². The third-order valence-electron chi connectivity index (χ3n) is 3.13. The lowest BCUT2D eigenvalue weighted by atomic mass is 10.1. The molecule has 0 saturated carbocycles. The number of carbonyl (C=O) groups is 1. The molecule has 0 radical (unpaired) electrons. The van der Waals surface area contributed by atoms with Crippen molar-refractivity contribution in [3.8, 4) is 0 Å². The normalized spacial score (nSPS) is 11.4. The van der Waals surface area contributed by atoms with Crippen molar-refractivity contribution in [2.75, 3.05) is 14.1 Å². The van der Waals surface area contributed by atoms with E-state index in [-0.39, 0.29) is 16.6 Å². The Morgan fingerprint density at radius 2 is 1.72 bits per heavy atom. The molecule has 0 aliphatic rings. The molecule has 0 aliphatic carbocycles. The Balaban J connectivity index is 3.08. The van der Waals surface area contributed by atoms with E-state index in [4.69, 9.17) is 41.0 Å². The summed E-state index contributed by atoms with van der Waals surface area (Å²) in [5.41, 5.74) is 13.2. The van der Waals surface area contributed by atoms with E-state index in [1.165, 1.54) is 16.2 Å². The van der Waals surface area contributed by atoms with Crippen LogP contribution in [0.1, 0.15) is 17.5 Å². The van der Waals surface area contributed by atoms with Crippen molar-refractivity contribution >= 4 is 52.6 Å². The fourth-order valence-corrected chi connectivity index (χ4v) is 1.75. The van der Waals surface area contributed by atoms with Gasteiger partial charge in [0.25, 0.3) is 0 Å². The lowest BCUT2D eigenvalue weighted by Gasteiger charge is -2.13. The zero-order chi connectivity index (χ0) is 19.0. The second-order valence-electron chi connectivity index (χ2n) is 5.04. The molecule has 0 spiro atoms. The maximum Gasteiger partial charge on any atom is 0.303 e. The Morgan fingerprint density at radius 3 is 2.20 bits per heavy atom. The number of benzene rings is 1. The lowest BCUT2D eigenvalue weighted by Crippen LogP contribution is -2.30. The SMILES string of the molecule is CN(N=CC(=NN(C)C(N)=S)c1ccc(CCC(=O)O)cc1)C(N)=S. The van der Waals surface area contributed by atoms with Gasteiger partial charge in [0.15, 0.2) is 10.2 Å². The zero-order valence-corrected chi connectivity index (χ0v) is 15.5. The summed E-state index contributed by atoms with van der Waals surface area (Å²) in [5, 5.41) is 20.1. The second-order valence-corrected chi connectivity index (χ2v) is 5.88. The molecule has 0 heterocycles. The molecule has 25 heavy (non-hydrogen) atoms. The van der Waals surface area contributed by atoms with E-state index in [9.17, 15) is 4.79 Å². The van der Waals surface area contributed by atoms with Gasteiger partial charge in [0.05, 0.1) is 6.21 Å². The lowest BCUT2D eigenvalue weighted by molar-refractivity contribution is -0.136. The first kappa shape index (κ1) is 20.5. The van der Waals surface area contributed by atoms with Crippen molar-refractivity contribution in [1.82, 2.24) is 10.0 Å². The van der Waals surface area contributed by atoms with E-state index in [0.717, 1.165) is 11.1 Å². The van der Waals surface area contributed by atoms with Crippen molar-refractivity contribution < 1.29 is 9.90 Å². The average Bonchev–Trinajstić information content (AvgIpc) is 2.56. The fourth-order valence-electron chi connectivity index (χ4n) is 1.66. The smallest absolute Gasteiger partial charge is 0.303 e. The second kappa shape index (κ2) is 9.64. The topological polar surface area (TPSA) is 121 Å². The third kappa shape index (κ3) is 7.23. The number of hydrogen-bond acceptors (Lipinski definition) is 5. The number of aliphatic carboxylic acids is 1. The van der Waals surface area contributed by atoms with Gasteiger partial charge in [0, 0.05) is 26.1 Å². The Morgan fingerprint density at radius 1 is 1.16 bits per heavy atom. The summed E-state index contributed by atoms with van der Waals surface area (Å²) in [7, 11) is 3.23. The molecule has 0 amide bonds. The highest BCUT2D eigenvalue weighted by molar-refractivity contribution is 7.80. The minimum Gasteiger partial charge on any atom is -0.481 e. The molecule has 1 aromatic carbocycles. The van der Waals surface area contributed by atoms with Crippen molar-refractivity contribution in [2.45, 2.75) is 12.8 Å².